The van der Waals surface area contributed by atoms with Crippen LogP contribution >= 0.6 is 46.4 Å². The Labute approximate surface area is 117 Å². The van der Waals surface area contributed by atoms with Gasteiger partial charge in [0.1, 0.15) is 10.3 Å². The second-order valence-electron chi connectivity index (χ2n) is 3.20. The van der Waals surface area contributed by atoms with Crippen LogP contribution in [0.3, 0.4) is 0 Å². The molecule has 2 N–H and O–H groups in total. The van der Waals surface area contributed by atoms with Gasteiger partial charge in [0.2, 0.25) is 5.95 Å². The van der Waals surface area contributed by atoms with Crippen LogP contribution in [-0.2, 0) is 0 Å². The molecule has 0 saturated heterocycles. The molecule has 2 aromatic rings. The Kier molecular flexibility index (Phi) is 3.64. The molecule has 1 aromatic carbocycles. The lowest BCUT2D eigenvalue weighted by Crippen LogP contribution is -1.97. The van der Waals surface area contributed by atoms with Gasteiger partial charge in [-0.2, -0.15) is 0 Å². The van der Waals surface area contributed by atoms with E-state index in [4.69, 9.17) is 52.1 Å². The number of anilines is 1. The molecular formula is C10H5Cl4N3. The first-order chi connectivity index (χ1) is 7.97. The van der Waals surface area contributed by atoms with Gasteiger partial charge in [-0.25, -0.2) is 9.97 Å². The van der Waals surface area contributed by atoms with Gasteiger partial charge in [0.25, 0.3) is 0 Å². The minimum absolute atomic E-state index is 0.0110. The Morgan fingerprint density at radius 3 is 1.76 bits per heavy atom. The highest BCUT2D eigenvalue weighted by atomic mass is 35.5. The van der Waals surface area contributed by atoms with Crippen molar-refractivity contribution < 1.29 is 0 Å². The van der Waals surface area contributed by atoms with Crippen molar-refractivity contribution in [3.63, 3.8) is 0 Å². The maximum absolute atomic E-state index is 5.97. The van der Waals surface area contributed by atoms with Gasteiger partial charge in [-0.1, -0.05) is 46.4 Å². The molecule has 0 saturated carbocycles. The molecule has 1 heterocycles. The zero-order valence-electron chi connectivity index (χ0n) is 8.22. The third-order valence-corrected chi connectivity index (χ3v) is 2.97. The van der Waals surface area contributed by atoms with Crippen molar-refractivity contribution >= 4 is 52.4 Å². The minimum atomic E-state index is 0.0110. The van der Waals surface area contributed by atoms with Gasteiger partial charge in [0, 0.05) is 10.0 Å². The van der Waals surface area contributed by atoms with E-state index in [-0.39, 0.29) is 16.3 Å². The van der Waals surface area contributed by atoms with Crippen molar-refractivity contribution in [2.45, 2.75) is 0 Å². The Morgan fingerprint density at radius 2 is 1.29 bits per heavy atom. The topological polar surface area (TPSA) is 51.8 Å². The van der Waals surface area contributed by atoms with Crippen molar-refractivity contribution in [3.8, 4) is 11.1 Å². The Bertz CT molecular complexity index is 543. The lowest BCUT2D eigenvalue weighted by Gasteiger charge is -2.07. The zero-order chi connectivity index (χ0) is 12.6. The van der Waals surface area contributed by atoms with Gasteiger partial charge in [-0.15, -0.1) is 0 Å². The van der Waals surface area contributed by atoms with E-state index in [1.165, 1.54) is 0 Å². The Hall–Kier alpha value is -0.740. The third-order valence-electron chi connectivity index (χ3n) is 1.99. The summed E-state index contributed by atoms with van der Waals surface area (Å²) in [6.07, 6.45) is 0. The van der Waals surface area contributed by atoms with Crippen molar-refractivity contribution in [2.75, 3.05) is 5.73 Å². The molecule has 2 rings (SSSR count). The van der Waals surface area contributed by atoms with Gasteiger partial charge in [0.15, 0.2) is 0 Å². The summed E-state index contributed by atoms with van der Waals surface area (Å²) in [7, 11) is 0. The molecule has 0 unspecified atom stereocenters. The molecule has 0 atom stereocenters. The Balaban J connectivity index is 2.68. The zero-order valence-corrected chi connectivity index (χ0v) is 11.2. The molecule has 0 radical (unpaired) electrons. The molecule has 1 aromatic heterocycles. The lowest BCUT2D eigenvalue weighted by molar-refractivity contribution is 1.19. The predicted molar refractivity (Wildman–Crippen MR) is 71.9 cm³/mol. The van der Waals surface area contributed by atoms with Crippen LogP contribution in [0.5, 0.6) is 0 Å². The summed E-state index contributed by atoms with van der Waals surface area (Å²) in [4.78, 5) is 7.66. The molecule has 3 nitrogen and oxygen atoms in total. The van der Waals surface area contributed by atoms with E-state index in [1.807, 2.05) is 0 Å². The van der Waals surface area contributed by atoms with Gasteiger partial charge in [0.05, 0.1) is 5.56 Å². The number of rotatable bonds is 1. The number of nitrogens with two attached hydrogens (primary N) is 1. The maximum Gasteiger partial charge on any atom is 0.222 e. The molecule has 88 valence electrons. The molecule has 0 spiro atoms. The largest absolute Gasteiger partial charge is 0.368 e. The average molecular weight is 309 g/mol. The minimum Gasteiger partial charge on any atom is -0.368 e. The number of halogens is 4. The van der Waals surface area contributed by atoms with Crippen molar-refractivity contribution in [3.05, 3.63) is 38.6 Å². The quantitative estimate of drug-likeness (QED) is 0.797. The van der Waals surface area contributed by atoms with E-state index in [2.05, 4.69) is 9.97 Å². The van der Waals surface area contributed by atoms with Crippen LogP contribution in [0.2, 0.25) is 20.4 Å². The van der Waals surface area contributed by atoms with Crippen LogP contribution in [0.15, 0.2) is 18.2 Å². The highest BCUT2D eigenvalue weighted by molar-refractivity contribution is 6.39. The molecule has 0 aliphatic rings. The van der Waals surface area contributed by atoms with Crippen LogP contribution in [0.4, 0.5) is 5.95 Å². The fraction of sp³-hybridized carbons (Fsp3) is 0. The summed E-state index contributed by atoms with van der Waals surface area (Å²) in [6.45, 7) is 0. The van der Waals surface area contributed by atoms with E-state index in [9.17, 15) is 0 Å². The second kappa shape index (κ2) is 4.86. The number of nitrogens with zero attached hydrogens (tertiary/aromatic N) is 2. The van der Waals surface area contributed by atoms with Crippen molar-refractivity contribution in [2.24, 2.45) is 0 Å². The van der Waals surface area contributed by atoms with Crippen LogP contribution < -0.4 is 5.73 Å². The summed E-state index contributed by atoms with van der Waals surface area (Å²) in [5, 5.41) is 1.24. The van der Waals surface area contributed by atoms with Crippen LogP contribution in [0, 0.1) is 0 Å². The first kappa shape index (κ1) is 12.7. The SMILES string of the molecule is Nc1nc(Cl)c(-c2cc(Cl)cc(Cl)c2)c(Cl)n1. The van der Waals surface area contributed by atoms with Crippen LogP contribution in [0.1, 0.15) is 0 Å². The number of aromatic nitrogens is 2. The Morgan fingerprint density at radius 1 is 0.824 bits per heavy atom. The summed E-state index contributed by atoms with van der Waals surface area (Å²) < 4.78 is 0. The summed E-state index contributed by atoms with van der Waals surface area (Å²) in [6, 6.07) is 4.94. The molecule has 0 bridgehead atoms. The first-order valence-electron chi connectivity index (χ1n) is 4.42. The molecular weight excluding hydrogens is 304 g/mol. The van der Waals surface area contributed by atoms with Gasteiger partial charge >= 0.3 is 0 Å². The van der Waals surface area contributed by atoms with E-state index in [0.29, 0.717) is 21.2 Å². The van der Waals surface area contributed by atoms with Gasteiger partial charge in [-0.05, 0) is 23.8 Å². The van der Waals surface area contributed by atoms with E-state index >= 15 is 0 Å². The molecule has 7 heteroatoms. The van der Waals surface area contributed by atoms with Crippen LogP contribution in [0.25, 0.3) is 11.1 Å². The van der Waals surface area contributed by atoms with Crippen molar-refractivity contribution in [1.29, 1.82) is 0 Å². The standard InChI is InChI=1S/C10H5Cl4N3/c11-5-1-4(2-6(12)3-5)7-8(13)16-10(15)17-9(7)14/h1-3H,(H2,15,16,17). The third kappa shape index (κ3) is 2.75. The van der Waals surface area contributed by atoms with Crippen molar-refractivity contribution in [1.82, 2.24) is 9.97 Å². The first-order valence-corrected chi connectivity index (χ1v) is 5.93. The normalized spacial score (nSPS) is 10.6. The predicted octanol–water partition coefficient (Wildman–Crippen LogP) is 4.34. The number of hydrogen-bond acceptors (Lipinski definition) is 3. The highest BCUT2D eigenvalue weighted by Gasteiger charge is 2.13. The van der Waals surface area contributed by atoms with E-state index in [0.717, 1.165) is 0 Å². The molecule has 0 aliphatic heterocycles. The molecule has 0 amide bonds. The van der Waals surface area contributed by atoms with E-state index in [1.54, 1.807) is 18.2 Å². The molecule has 0 aliphatic carbocycles. The molecule has 17 heavy (non-hydrogen) atoms. The monoisotopic (exact) mass is 307 g/mol. The number of benzene rings is 1. The molecule has 0 fully saturated rings. The summed E-state index contributed by atoms with van der Waals surface area (Å²) >= 11 is 23.7. The van der Waals surface area contributed by atoms with Gasteiger partial charge in [-0.3, -0.25) is 0 Å². The number of hydrogen-bond donors (Lipinski definition) is 1. The fourth-order valence-corrected chi connectivity index (χ4v) is 2.50. The van der Waals surface area contributed by atoms with Crippen LogP contribution in [-0.4, -0.2) is 9.97 Å². The fourth-order valence-electron chi connectivity index (χ4n) is 1.36. The summed E-state index contributed by atoms with van der Waals surface area (Å²) in [5.74, 6) is 0.0110. The van der Waals surface area contributed by atoms with Gasteiger partial charge < -0.3 is 5.73 Å². The smallest absolute Gasteiger partial charge is 0.222 e. The maximum atomic E-state index is 5.97. The number of nitrogen functional groups attached to an aromatic ring is 1. The van der Waals surface area contributed by atoms with E-state index < -0.39 is 0 Å². The average Bonchev–Trinajstić information content (AvgIpc) is 2.13. The lowest BCUT2D eigenvalue weighted by atomic mass is 10.1. The second-order valence-corrected chi connectivity index (χ2v) is 4.79. The summed E-state index contributed by atoms with van der Waals surface area (Å²) in [5.41, 5.74) is 6.51. The highest BCUT2D eigenvalue weighted by Crippen LogP contribution is 2.35.